The number of hydrogen-bond donors (Lipinski definition) is 4. The second kappa shape index (κ2) is 10.8. The highest BCUT2D eigenvalue weighted by atomic mass is 35.5. The van der Waals surface area contributed by atoms with Gasteiger partial charge in [0, 0.05) is 18.7 Å². The van der Waals surface area contributed by atoms with Gasteiger partial charge in [-0.25, -0.2) is 0 Å². The molecule has 0 aliphatic rings. The van der Waals surface area contributed by atoms with Gasteiger partial charge in [-0.1, -0.05) is 29.8 Å². The molecule has 32 heavy (non-hydrogen) atoms. The Labute approximate surface area is 194 Å². The SMILES string of the molecule is Cc1cc(NC(=O)c2ccccc2Cl)sc1C(=O)NCCCNC(=O)c1cccc(O)c1. The summed E-state index contributed by atoms with van der Waals surface area (Å²) in [4.78, 5) is 37.4. The third kappa shape index (κ3) is 6.09. The van der Waals surface area contributed by atoms with Crippen LogP contribution >= 0.6 is 22.9 Å². The largest absolute Gasteiger partial charge is 0.508 e. The molecule has 2 aromatic carbocycles. The number of nitrogens with one attached hydrogen (secondary N) is 3. The molecule has 0 saturated carbocycles. The smallest absolute Gasteiger partial charge is 0.261 e. The lowest BCUT2D eigenvalue weighted by atomic mass is 10.2. The number of carbonyl (C=O) groups is 3. The van der Waals surface area contributed by atoms with Gasteiger partial charge in [-0.05, 0) is 55.3 Å². The molecule has 0 atom stereocenters. The Kier molecular flexibility index (Phi) is 7.86. The van der Waals surface area contributed by atoms with E-state index in [-0.39, 0.29) is 23.5 Å². The highest BCUT2D eigenvalue weighted by Gasteiger charge is 2.16. The van der Waals surface area contributed by atoms with Crippen LogP contribution in [0.5, 0.6) is 5.75 Å². The highest BCUT2D eigenvalue weighted by Crippen LogP contribution is 2.27. The molecule has 7 nitrogen and oxygen atoms in total. The summed E-state index contributed by atoms with van der Waals surface area (Å²) in [6.07, 6.45) is 0.539. The number of amides is 3. The molecule has 9 heteroatoms. The van der Waals surface area contributed by atoms with E-state index in [9.17, 15) is 19.5 Å². The van der Waals surface area contributed by atoms with E-state index in [1.807, 2.05) is 0 Å². The van der Waals surface area contributed by atoms with E-state index in [1.54, 1.807) is 49.4 Å². The Hall–Kier alpha value is -3.36. The molecule has 3 aromatic rings. The summed E-state index contributed by atoms with van der Waals surface area (Å²) < 4.78 is 0. The molecule has 0 saturated heterocycles. The van der Waals surface area contributed by atoms with Gasteiger partial charge in [-0.3, -0.25) is 14.4 Å². The van der Waals surface area contributed by atoms with Gasteiger partial charge < -0.3 is 21.1 Å². The molecule has 0 bridgehead atoms. The van der Waals surface area contributed by atoms with Crippen LogP contribution in [-0.2, 0) is 0 Å². The summed E-state index contributed by atoms with van der Waals surface area (Å²) in [6, 6.07) is 14.6. The number of aromatic hydroxyl groups is 1. The number of halogens is 1. The molecule has 0 aliphatic carbocycles. The van der Waals surface area contributed by atoms with Crippen molar-refractivity contribution < 1.29 is 19.5 Å². The highest BCUT2D eigenvalue weighted by molar-refractivity contribution is 7.18. The second-order valence-corrected chi connectivity index (χ2v) is 8.43. The minimum absolute atomic E-state index is 0.0265. The number of thiophene rings is 1. The third-order valence-electron chi connectivity index (χ3n) is 4.51. The summed E-state index contributed by atoms with van der Waals surface area (Å²) in [5.74, 6) is -0.852. The number of carbonyl (C=O) groups excluding carboxylic acids is 3. The lowest BCUT2D eigenvalue weighted by Crippen LogP contribution is -2.29. The van der Waals surface area contributed by atoms with Crippen LogP contribution in [-0.4, -0.2) is 35.9 Å². The minimum atomic E-state index is -0.341. The fraction of sp³-hybridized carbons (Fsp3) is 0.174. The summed E-state index contributed by atoms with van der Waals surface area (Å²) in [5.41, 5.74) is 1.48. The van der Waals surface area contributed by atoms with Crippen molar-refractivity contribution in [2.45, 2.75) is 13.3 Å². The van der Waals surface area contributed by atoms with Crippen molar-refractivity contribution in [1.82, 2.24) is 10.6 Å². The van der Waals surface area contributed by atoms with Crippen LogP contribution < -0.4 is 16.0 Å². The monoisotopic (exact) mass is 471 g/mol. The van der Waals surface area contributed by atoms with Gasteiger partial charge in [0.05, 0.1) is 20.5 Å². The van der Waals surface area contributed by atoms with Crippen molar-refractivity contribution in [2.24, 2.45) is 0 Å². The van der Waals surface area contributed by atoms with E-state index < -0.39 is 0 Å². The van der Waals surface area contributed by atoms with E-state index in [0.717, 1.165) is 5.56 Å². The maximum Gasteiger partial charge on any atom is 0.261 e. The van der Waals surface area contributed by atoms with Gasteiger partial charge in [0.2, 0.25) is 0 Å². The predicted octanol–water partition coefficient (Wildman–Crippen LogP) is 4.22. The van der Waals surface area contributed by atoms with Crippen LogP contribution in [0.4, 0.5) is 5.00 Å². The van der Waals surface area contributed by atoms with Crippen LogP contribution in [0.3, 0.4) is 0 Å². The minimum Gasteiger partial charge on any atom is -0.508 e. The first-order valence-corrected chi connectivity index (χ1v) is 11.1. The van der Waals surface area contributed by atoms with Gasteiger partial charge in [-0.2, -0.15) is 0 Å². The van der Waals surface area contributed by atoms with Crippen molar-refractivity contribution in [3.63, 3.8) is 0 Å². The Morgan fingerprint density at radius 2 is 1.66 bits per heavy atom. The lowest BCUT2D eigenvalue weighted by Gasteiger charge is -2.07. The topological polar surface area (TPSA) is 108 Å². The zero-order valence-electron chi connectivity index (χ0n) is 17.3. The first kappa shape index (κ1) is 23.3. The molecular weight excluding hydrogens is 450 g/mol. The number of anilines is 1. The summed E-state index contributed by atoms with van der Waals surface area (Å²) in [6.45, 7) is 2.54. The van der Waals surface area contributed by atoms with Crippen LogP contribution in [0.25, 0.3) is 0 Å². The third-order valence-corrected chi connectivity index (χ3v) is 5.99. The molecule has 0 spiro atoms. The molecule has 166 valence electrons. The first-order chi connectivity index (χ1) is 15.3. The summed E-state index contributed by atoms with van der Waals surface area (Å²) in [7, 11) is 0. The number of phenolic OH excluding ortho intramolecular Hbond substituents is 1. The van der Waals surface area contributed by atoms with Crippen LogP contribution in [0.1, 0.15) is 42.4 Å². The lowest BCUT2D eigenvalue weighted by molar-refractivity contribution is 0.0951. The standard InChI is InChI=1S/C23H22ClN3O4S/c1-14-12-19(27-22(30)17-8-2-3-9-18(17)24)32-20(14)23(31)26-11-5-10-25-21(29)15-6-4-7-16(28)13-15/h2-4,6-9,12-13,28H,5,10-11H2,1H3,(H,25,29)(H,26,31)(H,27,30). The molecule has 0 radical (unpaired) electrons. The number of hydrogen-bond acceptors (Lipinski definition) is 5. The van der Waals surface area contributed by atoms with Crippen molar-refractivity contribution in [3.8, 4) is 5.75 Å². The molecule has 0 fully saturated rings. The molecule has 1 heterocycles. The van der Waals surface area contributed by atoms with Gasteiger partial charge in [0.1, 0.15) is 5.75 Å². The van der Waals surface area contributed by atoms with Crippen LogP contribution in [0, 0.1) is 6.92 Å². The molecule has 0 aliphatic heterocycles. The maximum atomic E-state index is 12.5. The van der Waals surface area contributed by atoms with Crippen molar-refractivity contribution in [3.05, 3.63) is 81.2 Å². The number of phenols is 1. The van der Waals surface area contributed by atoms with E-state index >= 15 is 0 Å². The van der Waals surface area contributed by atoms with Gasteiger partial charge in [-0.15, -0.1) is 11.3 Å². The first-order valence-electron chi connectivity index (χ1n) is 9.87. The molecule has 3 rings (SSSR count). The number of aryl methyl sites for hydroxylation is 1. The fourth-order valence-electron chi connectivity index (χ4n) is 2.92. The Bertz CT molecular complexity index is 1150. The number of rotatable bonds is 8. The van der Waals surface area contributed by atoms with Crippen LogP contribution in [0.15, 0.2) is 54.6 Å². The summed E-state index contributed by atoms with van der Waals surface area (Å²) in [5, 5.41) is 18.7. The second-order valence-electron chi connectivity index (χ2n) is 6.97. The number of benzene rings is 2. The maximum absolute atomic E-state index is 12.5. The quantitative estimate of drug-likeness (QED) is 0.369. The van der Waals surface area contributed by atoms with Gasteiger partial charge >= 0.3 is 0 Å². The van der Waals surface area contributed by atoms with Crippen LogP contribution in [0.2, 0.25) is 5.02 Å². The molecule has 4 N–H and O–H groups in total. The van der Waals surface area contributed by atoms with Crippen molar-refractivity contribution in [2.75, 3.05) is 18.4 Å². The summed E-state index contributed by atoms with van der Waals surface area (Å²) >= 11 is 7.24. The Morgan fingerprint density at radius 1 is 0.938 bits per heavy atom. The van der Waals surface area contributed by atoms with E-state index in [1.165, 1.54) is 23.5 Å². The average molecular weight is 472 g/mol. The Morgan fingerprint density at radius 3 is 2.38 bits per heavy atom. The van der Waals surface area contributed by atoms with E-state index in [2.05, 4.69) is 16.0 Å². The normalized spacial score (nSPS) is 10.4. The molecule has 3 amide bonds. The van der Waals surface area contributed by atoms with E-state index in [0.29, 0.717) is 45.5 Å². The van der Waals surface area contributed by atoms with Gasteiger partial charge in [0.15, 0.2) is 0 Å². The fourth-order valence-corrected chi connectivity index (χ4v) is 4.12. The molecule has 1 aromatic heterocycles. The zero-order valence-corrected chi connectivity index (χ0v) is 18.8. The van der Waals surface area contributed by atoms with Crippen molar-refractivity contribution >= 4 is 45.7 Å². The van der Waals surface area contributed by atoms with Gasteiger partial charge in [0.25, 0.3) is 17.7 Å². The predicted molar refractivity (Wildman–Crippen MR) is 126 cm³/mol. The molecular formula is C23H22ClN3O4S. The van der Waals surface area contributed by atoms with E-state index in [4.69, 9.17) is 11.6 Å². The molecule has 0 unspecified atom stereocenters. The average Bonchev–Trinajstić information content (AvgIpc) is 3.13. The van der Waals surface area contributed by atoms with Crippen molar-refractivity contribution in [1.29, 1.82) is 0 Å². The Balaban J connectivity index is 1.46. The zero-order chi connectivity index (χ0) is 23.1.